The molecule has 2 rings (SSSR count). The number of likely N-dealkylation sites (tertiary alicyclic amines) is 1. The van der Waals surface area contributed by atoms with Crippen molar-refractivity contribution < 1.29 is 19.6 Å². The highest BCUT2D eigenvalue weighted by atomic mass is 16.4. The number of hydrogen-bond acceptors (Lipinski definition) is 3. The van der Waals surface area contributed by atoms with Gasteiger partial charge >= 0.3 is 0 Å². The molecular formula is C17H24N2O3. The second-order valence-electron chi connectivity index (χ2n) is 6.31. The predicted octanol–water partition coefficient (Wildman–Crippen LogP) is -0.207. The van der Waals surface area contributed by atoms with E-state index in [-0.39, 0.29) is 11.8 Å². The lowest BCUT2D eigenvalue weighted by Gasteiger charge is -2.29. The van der Waals surface area contributed by atoms with Gasteiger partial charge in [-0.25, -0.2) is 0 Å². The molecule has 0 unspecified atom stereocenters. The molecule has 0 aliphatic carbocycles. The standard InChI is InChI=1S/C17H24N2O3/c1-12(2)14-5-3-4-6-15(14)18-16(20)11-19-9-7-13(8-10-19)17(21)22/h3-6,12-13H,7-11H2,1-2H3,(H,18,20)(H,21,22). The van der Waals surface area contributed by atoms with E-state index in [2.05, 4.69) is 19.2 Å². The molecule has 1 saturated heterocycles. The average Bonchev–Trinajstić information content (AvgIpc) is 2.48. The van der Waals surface area contributed by atoms with Crippen LogP contribution in [-0.2, 0) is 9.59 Å². The number of carbonyl (C=O) groups excluding carboxylic acids is 2. The van der Waals surface area contributed by atoms with E-state index in [1.54, 1.807) is 0 Å². The summed E-state index contributed by atoms with van der Waals surface area (Å²) in [5, 5.41) is 13.8. The summed E-state index contributed by atoms with van der Waals surface area (Å²) in [6.45, 7) is 5.99. The van der Waals surface area contributed by atoms with Crippen molar-refractivity contribution in [1.29, 1.82) is 0 Å². The third-order valence-corrected chi connectivity index (χ3v) is 4.29. The van der Waals surface area contributed by atoms with Gasteiger partial charge in [0.15, 0.2) is 6.54 Å². The topological polar surface area (TPSA) is 73.7 Å². The summed E-state index contributed by atoms with van der Waals surface area (Å²) >= 11 is 0. The molecule has 5 nitrogen and oxygen atoms in total. The molecule has 1 aromatic carbocycles. The van der Waals surface area contributed by atoms with E-state index in [1.165, 1.54) is 0 Å². The number of piperidine rings is 1. The maximum atomic E-state index is 12.2. The number of amides is 1. The number of quaternary nitrogens is 1. The average molecular weight is 304 g/mol. The molecule has 1 amide bonds. The van der Waals surface area contributed by atoms with Gasteiger partial charge < -0.3 is 20.1 Å². The summed E-state index contributed by atoms with van der Waals surface area (Å²) in [5.41, 5.74) is 1.99. The van der Waals surface area contributed by atoms with Crippen molar-refractivity contribution in [2.24, 2.45) is 5.92 Å². The lowest BCUT2D eigenvalue weighted by molar-refractivity contribution is -0.897. The zero-order valence-electron chi connectivity index (χ0n) is 13.2. The van der Waals surface area contributed by atoms with Gasteiger partial charge in [-0.1, -0.05) is 32.0 Å². The largest absolute Gasteiger partial charge is 0.550 e. The Morgan fingerprint density at radius 1 is 1.27 bits per heavy atom. The van der Waals surface area contributed by atoms with E-state index in [0.717, 1.165) is 16.2 Å². The third kappa shape index (κ3) is 4.31. The molecule has 22 heavy (non-hydrogen) atoms. The van der Waals surface area contributed by atoms with Gasteiger partial charge in [-0.2, -0.15) is 0 Å². The lowest BCUT2D eigenvalue weighted by Crippen LogP contribution is -3.14. The summed E-state index contributed by atoms with van der Waals surface area (Å²) in [7, 11) is 0. The maximum absolute atomic E-state index is 12.2. The van der Waals surface area contributed by atoms with E-state index in [4.69, 9.17) is 0 Å². The quantitative estimate of drug-likeness (QED) is 0.791. The number of carbonyl (C=O) groups is 2. The summed E-state index contributed by atoms with van der Waals surface area (Å²) in [6.07, 6.45) is 1.18. The van der Waals surface area contributed by atoms with E-state index in [9.17, 15) is 14.7 Å². The molecule has 0 aromatic heterocycles. The first-order valence-corrected chi connectivity index (χ1v) is 7.90. The van der Waals surface area contributed by atoms with Gasteiger partial charge in [0.05, 0.1) is 13.1 Å². The Bertz CT molecular complexity index is 534. The van der Waals surface area contributed by atoms with Crippen LogP contribution in [0.15, 0.2) is 24.3 Å². The molecule has 0 saturated carbocycles. The molecule has 120 valence electrons. The van der Waals surface area contributed by atoms with Crippen LogP contribution in [0.1, 0.15) is 38.2 Å². The summed E-state index contributed by atoms with van der Waals surface area (Å²) in [6, 6.07) is 7.84. The summed E-state index contributed by atoms with van der Waals surface area (Å²) in [5.74, 6) is -0.986. The minimum Gasteiger partial charge on any atom is -0.550 e. The molecule has 1 aliphatic rings. The number of carboxylic acids is 1. The van der Waals surface area contributed by atoms with Gasteiger partial charge in [-0.3, -0.25) is 4.79 Å². The van der Waals surface area contributed by atoms with Crippen molar-refractivity contribution >= 4 is 17.6 Å². The minimum absolute atomic E-state index is 0.0185. The molecule has 5 heteroatoms. The number of anilines is 1. The van der Waals surface area contributed by atoms with Crippen LogP contribution in [0, 0.1) is 5.92 Å². The van der Waals surface area contributed by atoms with E-state index in [1.807, 2.05) is 24.3 Å². The second-order valence-corrected chi connectivity index (χ2v) is 6.31. The highest BCUT2D eigenvalue weighted by molar-refractivity contribution is 5.92. The van der Waals surface area contributed by atoms with Crippen LogP contribution in [0.25, 0.3) is 0 Å². The number of aliphatic carboxylic acids is 1. The zero-order chi connectivity index (χ0) is 16.1. The van der Waals surface area contributed by atoms with Gasteiger partial charge in [0.2, 0.25) is 0 Å². The van der Waals surface area contributed by atoms with Crippen molar-refractivity contribution in [3.05, 3.63) is 29.8 Å². The Morgan fingerprint density at radius 3 is 2.50 bits per heavy atom. The number of rotatable bonds is 5. The minimum atomic E-state index is -0.964. The molecule has 2 N–H and O–H groups in total. The second kappa shape index (κ2) is 7.40. The van der Waals surface area contributed by atoms with E-state index >= 15 is 0 Å². The highest BCUT2D eigenvalue weighted by Crippen LogP contribution is 2.23. The van der Waals surface area contributed by atoms with Crippen molar-refractivity contribution in [2.75, 3.05) is 25.0 Å². The molecule has 0 radical (unpaired) electrons. The van der Waals surface area contributed by atoms with Crippen molar-refractivity contribution in [3.8, 4) is 0 Å². The van der Waals surface area contributed by atoms with Gasteiger partial charge in [-0.05, 0) is 17.5 Å². The fourth-order valence-corrected chi connectivity index (χ4v) is 2.97. The van der Waals surface area contributed by atoms with Crippen LogP contribution < -0.4 is 15.3 Å². The van der Waals surface area contributed by atoms with Crippen LogP contribution in [0.3, 0.4) is 0 Å². The number of carboxylic acid groups (broad SMARTS) is 1. The van der Waals surface area contributed by atoms with Crippen molar-refractivity contribution in [3.63, 3.8) is 0 Å². The highest BCUT2D eigenvalue weighted by Gasteiger charge is 2.24. The first-order chi connectivity index (χ1) is 10.5. The Labute approximate surface area is 131 Å². The Balaban J connectivity index is 1.88. The van der Waals surface area contributed by atoms with Crippen LogP contribution >= 0.6 is 0 Å². The van der Waals surface area contributed by atoms with Crippen LogP contribution in [0.4, 0.5) is 5.69 Å². The summed E-state index contributed by atoms with van der Waals surface area (Å²) < 4.78 is 0. The number of para-hydroxylation sites is 1. The maximum Gasteiger partial charge on any atom is 0.279 e. The fraction of sp³-hybridized carbons (Fsp3) is 0.529. The van der Waals surface area contributed by atoms with Gasteiger partial charge in [-0.15, -0.1) is 0 Å². The predicted molar refractivity (Wildman–Crippen MR) is 82.5 cm³/mol. The smallest absolute Gasteiger partial charge is 0.279 e. The van der Waals surface area contributed by atoms with Crippen molar-refractivity contribution in [1.82, 2.24) is 0 Å². The van der Waals surface area contributed by atoms with E-state index < -0.39 is 5.97 Å². The third-order valence-electron chi connectivity index (χ3n) is 4.29. The van der Waals surface area contributed by atoms with Crippen LogP contribution in [-0.4, -0.2) is 31.5 Å². The number of nitrogens with one attached hydrogen (secondary N) is 2. The molecule has 1 heterocycles. The number of hydrogen-bond donors (Lipinski definition) is 2. The lowest BCUT2D eigenvalue weighted by atomic mass is 9.97. The number of benzene rings is 1. The zero-order valence-corrected chi connectivity index (χ0v) is 13.2. The van der Waals surface area contributed by atoms with E-state index in [0.29, 0.717) is 38.4 Å². The van der Waals surface area contributed by atoms with Crippen molar-refractivity contribution in [2.45, 2.75) is 32.6 Å². The molecule has 1 aromatic rings. The normalized spacial score (nSPS) is 21.6. The van der Waals surface area contributed by atoms with Gasteiger partial charge in [0.1, 0.15) is 0 Å². The first kappa shape index (κ1) is 16.5. The summed E-state index contributed by atoms with van der Waals surface area (Å²) in [4.78, 5) is 24.2. The van der Waals surface area contributed by atoms with Crippen LogP contribution in [0.2, 0.25) is 0 Å². The first-order valence-electron chi connectivity index (χ1n) is 7.90. The van der Waals surface area contributed by atoms with Gasteiger partial charge in [0.25, 0.3) is 5.91 Å². The Morgan fingerprint density at radius 2 is 1.91 bits per heavy atom. The molecule has 1 aliphatic heterocycles. The van der Waals surface area contributed by atoms with Crippen LogP contribution in [0.5, 0.6) is 0 Å². The Hall–Kier alpha value is -1.88. The fourth-order valence-electron chi connectivity index (χ4n) is 2.97. The molecule has 1 fully saturated rings. The monoisotopic (exact) mass is 304 g/mol. The molecule has 0 spiro atoms. The molecule has 0 bridgehead atoms. The van der Waals surface area contributed by atoms with Gasteiger partial charge in [0, 0.05) is 30.4 Å². The SMILES string of the molecule is CC(C)c1ccccc1NC(=O)C[NH+]1CCC(C(=O)[O-])CC1. The Kier molecular flexibility index (Phi) is 5.55. The molecular weight excluding hydrogens is 280 g/mol. The molecule has 0 atom stereocenters.